The van der Waals surface area contributed by atoms with E-state index in [0.29, 0.717) is 42.1 Å². The fourth-order valence-electron chi connectivity index (χ4n) is 3.44. The van der Waals surface area contributed by atoms with E-state index in [2.05, 4.69) is 25.6 Å². The van der Waals surface area contributed by atoms with Gasteiger partial charge in [0, 0.05) is 37.4 Å². The molecule has 0 saturated heterocycles. The van der Waals surface area contributed by atoms with Gasteiger partial charge in [-0.1, -0.05) is 0 Å². The molecule has 0 spiro atoms. The van der Waals surface area contributed by atoms with E-state index >= 15 is 0 Å². The van der Waals surface area contributed by atoms with Crippen LogP contribution in [0.2, 0.25) is 0 Å². The number of aromatic nitrogens is 3. The lowest BCUT2D eigenvalue weighted by Crippen LogP contribution is -2.25. The Morgan fingerprint density at radius 2 is 2.22 bits per heavy atom. The largest absolute Gasteiger partial charge is 0.491 e. The molecule has 0 radical (unpaired) electrons. The number of carboxylic acid groups (broad SMARTS) is 1. The molecule has 3 N–H and O–H groups in total. The van der Waals surface area contributed by atoms with Crippen molar-refractivity contribution in [2.24, 2.45) is 4.99 Å². The Balaban J connectivity index is 1.72. The number of fused-ring (bicyclic) bond motifs is 3. The molecule has 0 unspecified atom stereocenters. The zero-order chi connectivity index (χ0) is 22.5. The molecule has 0 atom stereocenters. The first-order valence-electron chi connectivity index (χ1n) is 10.0. The van der Waals surface area contributed by atoms with Crippen LogP contribution in [-0.4, -0.2) is 58.4 Å². The van der Waals surface area contributed by atoms with Gasteiger partial charge >= 0.3 is 6.09 Å². The van der Waals surface area contributed by atoms with Crippen LogP contribution < -0.4 is 25.7 Å². The summed E-state index contributed by atoms with van der Waals surface area (Å²) in [4.78, 5) is 36.0. The zero-order valence-corrected chi connectivity index (χ0v) is 17.4. The van der Waals surface area contributed by atoms with E-state index in [4.69, 9.17) is 14.6 Å². The summed E-state index contributed by atoms with van der Waals surface area (Å²) >= 11 is 0. The molecule has 0 fully saturated rings. The molecule has 0 saturated carbocycles. The van der Waals surface area contributed by atoms with Gasteiger partial charge in [0.1, 0.15) is 11.3 Å². The number of carbonyl (C=O) groups excluding carboxylic acids is 1. The van der Waals surface area contributed by atoms with Crippen LogP contribution in [0.25, 0.3) is 10.9 Å². The van der Waals surface area contributed by atoms with Crippen molar-refractivity contribution < 1.29 is 24.2 Å². The van der Waals surface area contributed by atoms with Gasteiger partial charge in [-0.3, -0.25) is 14.3 Å². The van der Waals surface area contributed by atoms with Gasteiger partial charge in [-0.2, -0.15) is 4.99 Å². The van der Waals surface area contributed by atoms with E-state index in [9.17, 15) is 9.59 Å². The fourth-order valence-corrected chi connectivity index (χ4v) is 3.44. The molecule has 0 bridgehead atoms. The summed E-state index contributed by atoms with van der Waals surface area (Å²) in [5.74, 6) is 1.23. The predicted octanol–water partition coefficient (Wildman–Crippen LogP) is 1.64. The molecule has 2 amide bonds. The second-order valence-corrected chi connectivity index (χ2v) is 6.92. The topological polar surface area (TPSA) is 140 Å². The van der Waals surface area contributed by atoms with Gasteiger partial charge in [0.05, 0.1) is 19.3 Å². The first kappa shape index (κ1) is 21.1. The summed E-state index contributed by atoms with van der Waals surface area (Å²) in [5, 5.41) is 15.1. The van der Waals surface area contributed by atoms with Crippen LogP contribution in [0, 0.1) is 0 Å². The fraction of sp³-hybridized carbons (Fsp3) is 0.286. The highest BCUT2D eigenvalue weighted by Gasteiger charge is 2.20. The number of amides is 2. The van der Waals surface area contributed by atoms with Crippen LogP contribution >= 0.6 is 0 Å². The van der Waals surface area contributed by atoms with E-state index in [1.165, 1.54) is 13.3 Å². The number of anilines is 1. The number of hydrogen-bond acceptors (Lipinski definition) is 7. The molecular formula is C21H22N6O5. The standard InChI is InChI=1S/C21H22N6O5/c1-31-17-15(32-11-3-8-24-21(29)30)6-5-14-16(17)25-20(27-10-9-23-18(14)27)26-19(28)13-4-2-7-22-12-13/h2,4-7,12,23-24H,3,8-11H2,1H3,(H,29,30). The molecule has 11 heteroatoms. The number of nitrogens with one attached hydrogen (secondary N) is 2. The Bertz CT molecular complexity index is 1220. The summed E-state index contributed by atoms with van der Waals surface area (Å²) in [5.41, 5.74) is 1.13. The van der Waals surface area contributed by atoms with E-state index < -0.39 is 12.0 Å². The van der Waals surface area contributed by atoms with Crippen molar-refractivity contribution >= 4 is 28.7 Å². The Morgan fingerprint density at radius 1 is 1.34 bits per heavy atom. The number of methoxy groups -OCH3 is 1. The van der Waals surface area contributed by atoms with Gasteiger partial charge in [-0.05, 0) is 30.7 Å². The van der Waals surface area contributed by atoms with Gasteiger partial charge in [0.25, 0.3) is 5.91 Å². The normalized spacial score (nSPS) is 12.8. The van der Waals surface area contributed by atoms with Crippen molar-refractivity contribution in [3.63, 3.8) is 0 Å². The molecule has 2 aromatic heterocycles. The van der Waals surface area contributed by atoms with Crippen molar-refractivity contribution in [3.05, 3.63) is 47.8 Å². The molecule has 1 aromatic carbocycles. The van der Waals surface area contributed by atoms with Crippen LogP contribution in [0.1, 0.15) is 16.8 Å². The average molecular weight is 438 g/mol. The summed E-state index contributed by atoms with van der Waals surface area (Å²) in [7, 11) is 1.51. The van der Waals surface area contributed by atoms with E-state index in [0.717, 1.165) is 11.2 Å². The highest BCUT2D eigenvalue weighted by Crippen LogP contribution is 2.37. The van der Waals surface area contributed by atoms with Crippen molar-refractivity contribution in [2.45, 2.75) is 13.0 Å². The number of benzene rings is 1. The number of pyridine rings is 1. The van der Waals surface area contributed by atoms with Gasteiger partial charge in [-0.15, -0.1) is 0 Å². The Kier molecular flexibility index (Phi) is 6.15. The molecule has 32 heavy (non-hydrogen) atoms. The summed E-state index contributed by atoms with van der Waals surface area (Å²) in [6.45, 7) is 1.87. The van der Waals surface area contributed by atoms with Crippen molar-refractivity contribution in [1.82, 2.24) is 19.9 Å². The maximum absolute atomic E-state index is 12.6. The SMILES string of the molecule is COc1c(OCCCNC(=O)O)ccc2c3n(c(=NC(=O)c4cccnc4)nc12)CCN3. The van der Waals surface area contributed by atoms with Gasteiger partial charge in [0.2, 0.25) is 5.62 Å². The molecule has 3 aromatic rings. The second kappa shape index (κ2) is 9.33. The number of ether oxygens (including phenoxy) is 2. The van der Waals surface area contributed by atoms with Gasteiger partial charge in [-0.25, -0.2) is 9.78 Å². The third-order valence-electron chi connectivity index (χ3n) is 4.87. The maximum Gasteiger partial charge on any atom is 0.404 e. The van der Waals surface area contributed by atoms with E-state index in [-0.39, 0.29) is 18.8 Å². The number of carbonyl (C=O) groups is 2. The summed E-state index contributed by atoms with van der Waals surface area (Å²) in [6.07, 6.45) is 2.46. The Hall–Kier alpha value is -4.15. The van der Waals surface area contributed by atoms with Gasteiger partial charge < -0.3 is 25.2 Å². The third kappa shape index (κ3) is 4.31. The van der Waals surface area contributed by atoms with Crippen molar-refractivity contribution in [3.8, 4) is 11.5 Å². The monoisotopic (exact) mass is 438 g/mol. The number of nitrogens with zero attached hydrogens (tertiary/aromatic N) is 4. The summed E-state index contributed by atoms with van der Waals surface area (Å²) in [6, 6.07) is 6.97. The van der Waals surface area contributed by atoms with Gasteiger partial charge in [0.15, 0.2) is 11.5 Å². The lowest BCUT2D eigenvalue weighted by Gasteiger charge is -2.15. The van der Waals surface area contributed by atoms with E-state index in [1.54, 1.807) is 24.4 Å². The predicted molar refractivity (Wildman–Crippen MR) is 115 cm³/mol. The minimum absolute atomic E-state index is 0.257. The second-order valence-electron chi connectivity index (χ2n) is 6.92. The van der Waals surface area contributed by atoms with Crippen LogP contribution in [-0.2, 0) is 6.54 Å². The third-order valence-corrected chi connectivity index (χ3v) is 4.87. The minimum atomic E-state index is -1.08. The smallest absolute Gasteiger partial charge is 0.404 e. The van der Waals surface area contributed by atoms with Crippen LogP contribution in [0.3, 0.4) is 0 Å². The number of hydrogen-bond donors (Lipinski definition) is 3. The summed E-state index contributed by atoms with van der Waals surface area (Å²) < 4.78 is 13.2. The van der Waals surface area contributed by atoms with Crippen LogP contribution in [0.15, 0.2) is 41.7 Å². The maximum atomic E-state index is 12.6. The molecule has 3 heterocycles. The highest BCUT2D eigenvalue weighted by molar-refractivity contribution is 5.96. The van der Waals surface area contributed by atoms with Crippen LogP contribution in [0.5, 0.6) is 11.5 Å². The first-order chi connectivity index (χ1) is 15.6. The van der Waals surface area contributed by atoms with Crippen LogP contribution in [0.4, 0.5) is 10.6 Å². The average Bonchev–Trinajstić information content (AvgIpc) is 3.29. The number of rotatable bonds is 7. The molecular weight excluding hydrogens is 416 g/mol. The quantitative estimate of drug-likeness (QED) is 0.473. The molecule has 166 valence electrons. The zero-order valence-electron chi connectivity index (χ0n) is 17.4. The Morgan fingerprint density at radius 3 is 2.97 bits per heavy atom. The molecule has 0 aliphatic carbocycles. The minimum Gasteiger partial charge on any atom is -0.491 e. The lowest BCUT2D eigenvalue weighted by atomic mass is 10.2. The molecule has 11 nitrogen and oxygen atoms in total. The molecule has 4 rings (SSSR count). The highest BCUT2D eigenvalue weighted by atomic mass is 16.5. The first-order valence-corrected chi connectivity index (χ1v) is 10.0. The molecule has 1 aliphatic heterocycles. The molecule has 1 aliphatic rings. The Labute approximate surface area is 182 Å². The lowest BCUT2D eigenvalue weighted by molar-refractivity contribution is 0.0996. The van der Waals surface area contributed by atoms with Crippen molar-refractivity contribution in [2.75, 3.05) is 32.1 Å². The van der Waals surface area contributed by atoms with Crippen molar-refractivity contribution in [1.29, 1.82) is 0 Å². The van der Waals surface area contributed by atoms with E-state index in [1.807, 2.05) is 10.6 Å².